The Kier molecular flexibility index (Phi) is 7.15. The first-order chi connectivity index (χ1) is 8.56. The van der Waals surface area contributed by atoms with Crippen molar-refractivity contribution >= 4 is 0 Å². The van der Waals surface area contributed by atoms with Crippen LogP contribution in [0.2, 0.25) is 0 Å². The average Bonchev–Trinajstić information content (AvgIpc) is 2.74. The first-order valence-electron chi connectivity index (χ1n) is 7.05. The van der Waals surface area contributed by atoms with Gasteiger partial charge in [-0.1, -0.05) is 19.8 Å². The van der Waals surface area contributed by atoms with Crippen molar-refractivity contribution in [2.45, 2.75) is 51.7 Å². The summed E-state index contributed by atoms with van der Waals surface area (Å²) in [6, 6.07) is 0. The molecule has 2 unspecified atom stereocenters. The van der Waals surface area contributed by atoms with Gasteiger partial charge in [0.1, 0.15) is 0 Å². The third-order valence-electron chi connectivity index (χ3n) is 3.72. The van der Waals surface area contributed by atoms with Gasteiger partial charge in [-0.05, 0) is 25.2 Å². The molecule has 0 aromatic heterocycles. The molecule has 18 heavy (non-hydrogen) atoms. The third-order valence-corrected chi connectivity index (χ3v) is 3.72. The Labute approximate surface area is 111 Å². The highest BCUT2D eigenvalue weighted by atomic mass is 16.5. The van der Waals surface area contributed by atoms with Crippen molar-refractivity contribution in [1.29, 1.82) is 0 Å². The van der Waals surface area contributed by atoms with Crippen molar-refractivity contribution in [2.75, 3.05) is 33.4 Å². The van der Waals surface area contributed by atoms with Gasteiger partial charge < -0.3 is 19.9 Å². The van der Waals surface area contributed by atoms with E-state index in [1.165, 1.54) is 25.7 Å². The van der Waals surface area contributed by atoms with Gasteiger partial charge in [0.25, 0.3) is 0 Å². The summed E-state index contributed by atoms with van der Waals surface area (Å²) < 4.78 is 10.5. The van der Waals surface area contributed by atoms with Gasteiger partial charge >= 0.3 is 0 Å². The summed E-state index contributed by atoms with van der Waals surface area (Å²) in [6.07, 6.45) is 4.90. The molecule has 0 spiro atoms. The Balaban J connectivity index is 2.04. The monoisotopic (exact) mass is 259 g/mol. The van der Waals surface area contributed by atoms with Gasteiger partial charge in [0.2, 0.25) is 0 Å². The molecular formula is C14H29NO3. The number of hydrogen-bond acceptors (Lipinski definition) is 4. The van der Waals surface area contributed by atoms with Crippen LogP contribution in [0.5, 0.6) is 0 Å². The maximum Gasteiger partial charge on any atom is 0.0897 e. The van der Waals surface area contributed by atoms with Gasteiger partial charge in [0.05, 0.1) is 25.4 Å². The summed E-state index contributed by atoms with van der Waals surface area (Å²) in [7, 11) is 1.65. The molecule has 1 aliphatic rings. The first kappa shape index (κ1) is 15.9. The minimum Gasteiger partial charge on any atom is -0.389 e. The van der Waals surface area contributed by atoms with Crippen molar-refractivity contribution in [3.8, 4) is 0 Å². The third kappa shape index (κ3) is 6.14. The lowest BCUT2D eigenvalue weighted by atomic mass is 9.89. The van der Waals surface area contributed by atoms with E-state index in [1.54, 1.807) is 7.11 Å². The maximum absolute atomic E-state index is 9.80. The van der Waals surface area contributed by atoms with Crippen molar-refractivity contribution in [2.24, 2.45) is 5.41 Å². The fourth-order valence-electron chi connectivity index (χ4n) is 2.56. The largest absolute Gasteiger partial charge is 0.389 e. The van der Waals surface area contributed by atoms with Gasteiger partial charge in [-0.15, -0.1) is 0 Å². The van der Waals surface area contributed by atoms with E-state index in [-0.39, 0.29) is 6.10 Å². The molecule has 0 aromatic rings. The van der Waals surface area contributed by atoms with E-state index in [4.69, 9.17) is 9.47 Å². The van der Waals surface area contributed by atoms with Gasteiger partial charge in [0.15, 0.2) is 0 Å². The van der Waals surface area contributed by atoms with Crippen LogP contribution in [0, 0.1) is 5.41 Å². The first-order valence-corrected chi connectivity index (χ1v) is 7.05. The fraction of sp³-hybridized carbons (Fsp3) is 1.00. The zero-order valence-electron chi connectivity index (χ0n) is 12.1. The Bertz CT molecular complexity index is 217. The molecule has 0 radical (unpaired) electrons. The van der Waals surface area contributed by atoms with Crippen molar-refractivity contribution < 1.29 is 14.6 Å². The van der Waals surface area contributed by atoms with E-state index in [0.717, 1.165) is 6.54 Å². The lowest BCUT2D eigenvalue weighted by molar-refractivity contribution is -0.0314. The fourth-order valence-corrected chi connectivity index (χ4v) is 2.56. The van der Waals surface area contributed by atoms with Gasteiger partial charge in [0, 0.05) is 20.2 Å². The molecule has 2 N–H and O–H groups in total. The standard InChI is InChI=1S/C14H29NO3/c1-12(9-17-3)18-10-13(16)8-15-11-14(2)6-4-5-7-14/h12-13,15-16H,4-11H2,1-3H3. The second-order valence-electron chi connectivity index (χ2n) is 5.90. The zero-order chi connectivity index (χ0) is 13.4. The summed E-state index contributed by atoms with van der Waals surface area (Å²) >= 11 is 0. The average molecular weight is 259 g/mol. The molecule has 1 rings (SSSR count). The lowest BCUT2D eigenvalue weighted by Crippen LogP contribution is -2.37. The van der Waals surface area contributed by atoms with Crippen LogP contribution in [0.1, 0.15) is 39.5 Å². The smallest absolute Gasteiger partial charge is 0.0897 e. The van der Waals surface area contributed by atoms with Crippen molar-refractivity contribution in [3.63, 3.8) is 0 Å². The Morgan fingerprint density at radius 1 is 1.28 bits per heavy atom. The van der Waals surface area contributed by atoms with E-state index in [0.29, 0.717) is 25.2 Å². The highest BCUT2D eigenvalue weighted by Gasteiger charge is 2.28. The predicted octanol–water partition coefficient (Wildman–Crippen LogP) is 1.57. The van der Waals surface area contributed by atoms with Gasteiger partial charge in [-0.2, -0.15) is 0 Å². The van der Waals surface area contributed by atoms with E-state index >= 15 is 0 Å². The van der Waals surface area contributed by atoms with Crippen LogP contribution in [0.25, 0.3) is 0 Å². The predicted molar refractivity (Wildman–Crippen MR) is 72.7 cm³/mol. The summed E-state index contributed by atoms with van der Waals surface area (Å²) in [6.45, 7) is 6.82. The van der Waals surface area contributed by atoms with Crippen LogP contribution in [0.15, 0.2) is 0 Å². The lowest BCUT2D eigenvalue weighted by Gasteiger charge is -2.25. The second-order valence-corrected chi connectivity index (χ2v) is 5.90. The van der Waals surface area contributed by atoms with Crippen molar-refractivity contribution in [3.05, 3.63) is 0 Å². The van der Waals surface area contributed by atoms with Gasteiger partial charge in [-0.3, -0.25) is 0 Å². The summed E-state index contributed by atoms with van der Waals surface area (Å²) in [5.41, 5.74) is 0.434. The second kappa shape index (κ2) is 8.10. The highest BCUT2D eigenvalue weighted by molar-refractivity contribution is 4.82. The molecule has 2 atom stereocenters. The van der Waals surface area contributed by atoms with Crippen LogP contribution < -0.4 is 5.32 Å². The summed E-state index contributed by atoms with van der Waals surface area (Å²) in [5.74, 6) is 0. The SMILES string of the molecule is COCC(C)OCC(O)CNCC1(C)CCCC1. The molecular weight excluding hydrogens is 230 g/mol. The Morgan fingerprint density at radius 2 is 1.94 bits per heavy atom. The maximum atomic E-state index is 9.80. The van der Waals surface area contributed by atoms with Gasteiger partial charge in [-0.25, -0.2) is 0 Å². The summed E-state index contributed by atoms with van der Waals surface area (Å²) in [5, 5.41) is 13.2. The molecule has 0 amide bonds. The van der Waals surface area contributed by atoms with E-state index in [2.05, 4.69) is 12.2 Å². The molecule has 108 valence electrons. The minimum absolute atomic E-state index is 0.0389. The molecule has 1 fully saturated rings. The number of rotatable bonds is 9. The van der Waals surface area contributed by atoms with E-state index in [1.807, 2.05) is 6.92 Å². The Morgan fingerprint density at radius 3 is 2.56 bits per heavy atom. The molecule has 4 nitrogen and oxygen atoms in total. The molecule has 0 saturated heterocycles. The van der Waals surface area contributed by atoms with Crippen LogP contribution in [-0.4, -0.2) is 50.7 Å². The number of ether oxygens (including phenoxy) is 2. The normalized spacial score (nSPS) is 22.0. The number of nitrogens with one attached hydrogen (secondary N) is 1. The van der Waals surface area contributed by atoms with E-state index in [9.17, 15) is 5.11 Å². The van der Waals surface area contributed by atoms with Crippen LogP contribution in [-0.2, 0) is 9.47 Å². The van der Waals surface area contributed by atoms with Crippen LogP contribution >= 0.6 is 0 Å². The summed E-state index contributed by atoms with van der Waals surface area (Å²) in [4.78, 5) is 0. The molecule has 0 aromatic carbocycles. The van der Waals surface area contributed by atoms with Crippen LogP contribution in [0.3, 0.4) is 0 Å². The quantitative estimate of drug-likeness (QED) is 0.660. The van der Waals surface area contributed by atoms with Crippen LogP contribution in [0.4, 0.5) is 0 Å². The molecule has 0 bridgehead atoms. The minimum atomic E-state index is -0.436. The molecule has 1 aliphatic carbocycles. The number of aliphatic hydroxyl groups excluding tert-OH is 1. The molecule has 0 heterocycles. The molecule has 4 heteroatoms. The molecule has 0 aliphatic heterocycles. The Hall–Kier alpha value is -0.160. The number of methoxy groups -OCH3 is 1. The number of hydrogen-bond donors (Lipinski definition) is 2. The topological polar surface area (TPSA) is 50.7 Å². The van der Waals surface area contributed by atoms with E-state index < -0.39 is 6.10 Å². The molecule has 1 saturated carbocycles. The zero-order valence-corrected chi connectivity index (χ0v) is 12.1. The van der Waals surface area contributed by atoms with Crippen molar-refractivity contribution in [1.82, 2.24) is 5.32 Å². The highest BCUT2D eigenvalue weighted by Crippen LogP contribution is 2.36. The number of aliphatic hydroxyl groups is 1.